The lowest BCUT2D eigenvalue weighted by Crippen LogP contribution is -2.00. The number of hydrogen-bond acceptors (Lipinski definition) is 5. The summed E-state index contributed by atoms with van der Waals surface area (Å²) >= 11 is 0. The van der Waals surface area contributed by atoms with Gasteiger partial charge in [0.1, 0.15) is 17.9 Å². The van der Waals surface area contributed by atoms with Crippen molar-refractivity contribution in [1.29, 1.82) is 0 Å². The van der Waals surface area contributed by atoms with Gasteiger partial charge in [-0.15, -0.1) is 0 Å². The number of nitrogens with two attached hydrogens (primary N) is 1. The van der Waals surface area contributed by atoms with Gasteiger partial charge in [0.15, 0.2) is 0 Å². The van der Waals surface area contributed by atoms with E-state index in [9.17, 15) is 0 Å². The van der Waals surface area contributed by atoms with E-state index >= 15 is 0 Å². The van der Waals surface area contributed by atoms with E-state index < -0.39 is 0 Å². The monoisotopic (exact) mass is 320 g/mol. The smallest absolute Gasteiger partial charge is 0.137 e. The minimum absolute atomic E-state index is 0.535. The summed E-state index contributed by atoms with van der Waals surface area (Å²) in [4.78, 5) is 8.79. The third kappa shape index (κ3) is 3.36. The first kappa shape index (κ1) is 16.0. The molecule has 0 amide bonds. The van der Waals surface area contributed by atoms with E-state index in [1.54, 1.807) is 13.4 Å². The zero-order valence-electron chi connectivity index (χ0n) is 13.8. The van der Waals surface area contributed by atoms with Crippen molar-refractivity contribution in [1.82, 2.24) is 9.97 Å². The van der Waals surface area contributed by atoms with Crippen LogP contribution in [0.1, 0.15) is 11.1 Å². The molecule has 0 radical (unpaired) electrons. The van der Waals surface area contributed by atoms with Crippen molar-refractivity contribution >= 4 is 11.5 Å². The molecule has 2 aromatic carbocycles. The van der Waals surface area contributed by atoms with Crippen molar-refractivity contribution < 1.29 is 4.74 Å². The molecule has 24 heavy (non-hydrogen) atoms. The number of rotatable bonds is 5. The molecule has 0 unspecified atom stereocenters. The Morgan fingerprint density at radius 3 is 2.33 bits per heavy atom. The Labute approximate surface area is 141 Å². The Morgan fingerprint density at radius 2 is 1.71 bits per heavy atom. The number of hydrogen-bond donors (Lipinski definition) is 2. The van der Waals surface area contributed by atoms with Gasteiger partial charge in [0.25, 0.3) is 0 Å². The molecule has 1 aromatic heterocycles. The highest BCUT2D eigenvalue weighted by Crippen LogP contribution is 2.27. The van der Waals surface area contributed by atoms with Crippen LogP contribution in [0.4, 0.5) is 11.5 Å². The van der Waals surface area contributed by atoms with Crippen LogP contribution < -0.4 is 15.8 Å². The third-order valence-corrected chi connectivity index (χ3v) is 3.90. The minimum atomic E-state index is 0.535. The van der Waals surface area contributed by atoms with Gasteiger partial charge < -0.3 is 15.8 Å². The van der Waals surface area contributed by atoms with E-state index in [-0.39, 0.29) is 0 Å². The van der Waals surface area contributed by atoms with Crippen LogP contribution >= 0.6 is 0 Å². The Balaban J connectivity index is 1.89. The molecule has 0 saturated heterocycles. The molecule has 0 aliphatic rings. The molecule has 0 aliphatic carbocycles. The first-order valence-electron chi connectivity index (χ1n) is 7.73. The number of anilines is 2. The summed E-state index contributed by atoms with van der Waals surface area (Å²) < 4.78 is 5.18. The quantitative estimate of drug-likeness (QED) is 0.750. The molecule has 5 heteroatoms. The molecular formula is C19H20N4O. The molecule has 122 valence electrons. The fraction of sp³-hybridized carbons (Fsp3) is 0.158. The predicted octanol–water partition coefficient (Wildman–Crippen LogP) is 3.66. The van der Waals surface area contributed by atoms with Gasteiger partial charge in [-0.1, -0.05) is 24.3 Å². The topological polar surface area (TPSA) is 73.1 Å². The standard InChI is InChI=1S/C19H20N4O/c1-13-18(15-5-3-14(11-20)4-6-15)21-12-22-19(13)23-16-7-9-17(24-2)10-8-16/h3-10,12H,11,20H2,1-2H3,(H,21,22,23). The Bertz CT molecular complexity index is 814. The number of aromatic nitrogens is 2. The lowest BCUT2D eigenvalue weighted by atomic mass is 10.1. The number of benzene rings is 2. The molecular weight excluding hydrogens is 300 g/mol. The third-order valence-electron chi connectivity index (χ3n) is 3.90. The first-order chi connectivity index (χ1) is 11.7. The van der Waals surface area contributed by atoms with Gasteiger partial charge in [-0.25, -0.2) is 9.97 Å². The summed E-state index contributed by atoms with van der Waals surface area (Å²) in [6.07, 6.45) is 1.57. The lowest BCUT2D eigenvalue weighted by Gasteiger charge is -2.12. The summed E-state index contributed by atoms with van der Waals surface area (Å²) in [5.41, 5.74) is 10.6. The molecule has 0 fully saturated rings. The highest BCUT2D eigenvalue weighted by Gasteiger charge is 2.09. The summed E-state index contributed by atoms with van der Waals surface area (Å²) in [7, 11) is 1.65. The van der Waals surface area contributed by atoms with Crippen molar-refractivity contribution in [3.63, 3.8) is 0 Å². The van der Waals surface area contributed by atoms with E-state index in [0.29, 0.717) is 6.54 Å². The van der Waals surface area contributed by atoms with Gasteiger partial charge in [-0.05, 0) is 36.8 Å². The van der Waals surface area contributed by atoms with Crippen LogP contribution in [-0.4, -0.2) is 17.1 Å². The zero-order chi connectivity index (χ0) is 16.9. The fourth-order valence-corrected chi connectivity index (χ4v) is 2.48. The number of ether oxygens (including phenoxy) is 1. The second-order valence-corrected chi connectivity index (χ2v) is 5.45. The van der Waals surface area contributed by atoms with Gasteiger partial charge in [0.05, 0.1) is 12.8 Å². The normalized spacial score (nSPS) is 10.5. The molecule has 3 N–H and O–H groups in total. The Morgan fingerprint density at radius 1 is 1.00 bits per heavy atom. The highest BCUT2D eigenvalue weighted by atomic mass is 16.5. The Kier molecular flexibility index (Phi) is 4.72. The van der Waals surface area contributed by atoms with Crippen molar-refractivity contribution in [2.75, 3.05) is 12.4 Å². The van der Waals surface area contributed by atoms with Crippen LogP contribution in [0.25, 0.3) is 11.3 Å². The van der Waals surface area contributed by atoms with E-state index in [4.69, 9.17) is 10.5 Å². The zero-order valence-corrected chi connectivity index (χ0v) is 13.8. The molecule has 5 nitrogen and oxygen atoms in total. The summed E-state index contributed by atoms with van der Waals surface area (Å²) in [5.74, 6) is 1.61. The van der Waals surface area contributed by atoms with Crippen LogP contribution in [-0.2, 0) is 6.54 Å². The maximum atomic E-state index is 5.65. The van der Waals surface area contributed by atoms with Crippen molar-refractivity contribution in [3.8, 4) is 17.0 Å². The molecule has 3 rings (SSSR count). The average molecular weight is 320 g/mol. The van der Waals surface area contributed by atoms with Crippen molar-refractivity contribution in [3.05, 3.63) is 66.0 Å². The molecule has 1 heterocycles. The average Bonchev–Trinajstić information content (AvgIpc) is 2.64. The first-order valence-corrected chi connectivity index (χ1v) is 7.73. The van der Waals surface area contributed by atoms with Crippen molar-refractivity contribution in [2.45, 2.75) is 13.5 Å². The lowest BCUT2D eigenvalue weighted by molar-refractivity contribution is 0.415. The largest absolute Gasteiger partial charge is 0.497 e. The molecule has 0 spiro atoms. The number of nitrogens with one attached hydrogen (secondary N) is 1. The fourth-order valence-electron chi connectivity index (χ4n) is 2.48. The van der Waals surface area contributed by atoms with Gasteiger partial charge in [0.2, 0.25) is 0 Å². The van der Waals surface area contributed by atoms with Crippen LogP contribution in [0, 0.1) is 6.92 Å². The van der Waals surface area contributed by atoms with Crippen LogP contribution in [0.15, 0.2) is 54.9 Å². The maximum absolute atomic E-state index is 5.65. The molecule has 3 aromatic rings. The molecule has 0 saturated carbocycles. The van der Waals surface area contributed by atoms with Crippen LogP contribution in [0.5, 0.6) is 5.75 Å². The van der Waals surface area contributed by atoms with E-state index in [1.165, 1.54) is 0 Å². The summed E-state index contributed by atoms with van der Waals surface area (Å²) in [6.45, 7) is 2.55. The minimum Gasteiger partial charge on any atom is -0.497 e. The number of methoxy groups -OCH3 is 1. The predicted molar refractivity (Wildman–Crippen MR) is 96.4 cm³/mol. The van der Waals surface area contributed by atoms with Crippen LogP contribution in [0.2, 0.25) is 0 Å². The van der Waals surface area contributed by atoms with Crippen molar-refractivity contribution in [2.24, 2.45) is 5.73 Å². The molecule has 0 bridgehead atoms. The summed E-state index contributed by atoms with van der Waals surface area (Å²) in [5, 5.41) is 3.33. The highest BCUT2D eigenvalue weighted by molar-refractivity contribution is 5.70. The van der Waals surface area contributed by atoms with Gasteiger partial charge in [0, 0.05) is 23.4 Å². The van der Waals surface area contributed by atoms with Gasteiger partial charge in [-0.2, -0.15) is 0 Å². The maximum Gasteiger partial charge on any atom is 0.137 e. The second-order valence-electron chi connectivity index (χ2n) is 5.45. The van der Waals surface area contributed by atoms with E-state index in [0.717, 1.165) is 39.6 Å². The van der Waals surface area contributed by atoms with Crippen LogP contribution in [0.3, 0.4) is 0 Å². The van der Waals surface area contributed by atoms with E-state index in [1.807, 2.05) is 55.5 Å². The molecule has 0 aliphatic heterocycles. The van der Waals surface area contributed by atoms with Gasteiger partial charge >= 0.3 is 0 Å². The summed E-state index contributed by atoms with van der Waals surface area (Å²) in [6, 6.07) is 15.8. The number of nitrogens with zero attached hydrogens (tertiary/aromatic N) is 2. The van der Waals surface area contributed by atoms with Gasteiger partial charge in [-0.3, -0.25) is 0 Å². The second kappa shape index (κ2) is 7.10. The van der Waals surface area contributed by atoms with E-state index in [2.05, 4.69) is 15.3 Å². The Hall–Kier alpha value is -2.92. The molecule has 0 atom stereocenters. The SMILES string of the molecule is COc1ccc(Nc2ncnc(-c3ccc(CN)cc3)c2C)cc1.